The summed E-state index contributed by atoms with van der Waals surface area (Å²) in [6.07, 6.45) is 1.75. The third-order valence-corrected chi connectivity index (χ3v) is 5.71. The number of carbonyl (C=O) groups excluding carboxylic acids is 1. The van der Waals surface area contributed by atoms with Gasteiger partial charge in [-0.3, -0.25) is 10.1 Å². The van der Waals surface area contributed by atoms with E-state index < -0.39 is 0 Å². The first kappa shape index (κ1) is 16.2. The molecular weight excluding hydrogens is 346 g/mol. The van der Waals surface area contributed by atoms with Crippen molar-refractivity contribution in [2.45, 2.75) is 24.5 Å². The van der Waals surface area contributed by atoms with E-state index in [0.29, 0.717) is 10.7 Å². The first-order valence-electron chi connectivity index (χ1n) is 6.98. The lowest BCUT2D eigenvalue weighted by Crippen LogP contribution is -2.11. The number of hydrogen-bond acceptors (Lipinski definition) is 6. The molecule has 2 aromatic heterocycles. The second-order valence-electron chi connectivity index (χ2n) is 4.90. The fourth-order valence-corrected chi connectivity index (χ4v) is 4.08. The van der Waals surface area contributed by atoms with Crippen LogP contribution in [0.15, 0.2) is 40.7 Å². The van der Waals surface area contributed by atoms with Gasteiger partial charge in [0.1, 0.15) is 0 Å². The molecule has 0 spiro atoms. The standard InChI is InChI=1S/C16H15N3OS3/c1-10-7-17-16(23-10)19-15(20)12-3-5-14(6-4-12)22-9-13-8-21-11(2)18-13/h3-8H,9H2,1-2H3,(H,17,19,20). The molecule has 0 saturated carbocycles. The Morgan fingerprint density at radius 1 is 1.26 bits per heavy atom. The van der Waals surface area contributed by atoms with Gasteiger partial charge in [-0.25, -0.2) is 9.97 Å². The molecule has 0 radical (unpaired) electrons. The highest BCUT2D eigenvalue weighted by atomic mass is 32.2. The van der Waals surface area contributed by atoms with Crippen molar-refractivity contribution in [3.8, 4) is 0 Å². The number of nitrogens with zero attached hydrogens (tertiary/aromatic N) is 2. The van der Waals surface area contributed by atoms with Crippen LogP contribution < -0.4 is 5.32 Å². The molecule has 0 aliphatic heterocycles. The maximum Gasteiger partial charge on any atom is 0.257 e. The summed E-state index contributed by atoms with van der Waals surface area (Å²) >= 11 is 4.85. The van der Waals surface area contributed by atoms with Crippen molar-refractivity contribution < 1.29 is 4.79 Å². The van der Waals surface area contributed by atoms with E-state index in [2.05, 4.69) is 20.7 Å². The van der Waals surface area contributed by atoms with Crippen LogP contribution in [0.4, 0.5) is 5.13 Å². The third kappa shape index (κ3) is 4.40. The number of aromatic nitrogens is 2. The normalized spacial score (nSPS) is 10.7. The number of rotatable bonds is 5. The Labute approximate surface area is 147 Å². The molecule has 0 bridgehead atoms. The highest BCUT2D eigenvalue weighted by Crippen LogP contribution is 2.24. The molecule has 3 rings (SSSR count). The van der Waals surface area contributed by atoms with Crippen molar-refractivity contribution in [2.24, 2.45) is 0 Å². The summed E-state index contributed by atoms with van der Waals surface area (Å²) in [6, 6.07) is 7.60. The number of carbonyl (C=O) groups is 1. The van der Waals surface area contributed by atoms with E-state index in [9.17, 15) is 4.79 Å². The molecule has 1 N–H and O–H groups in total. The molecule has 1 aromatic carbocycles. The monoisotopic (exact) mass is 361 g/mol. The van der Waals surface area contributed by atoms with Crippen molar-refractivity contribution in [3.63, 3.8) is 0 Å². The number of benzene rings is 1. The third-order valence-electron chi connectivity index (χ3n) is 3.01. The SMILES string of the molecule is Cc1cnc(NC(=O)c2ccc(SCc3csc(C)n3)cc2)s1. The molecule has 7 heteroatoms. The van der Waals surface area contributed by atoms with E-state index in [1.165, 1.54) is 11.3 Å². The number of thiazole rings is 2. The van der Waals surface area contributed by atoms with Gasteiger partial charge >= 0.3 is 0 Å². The summed E-state index contributed by atoms with van der Waals surface area (Å²) in [5.41, 5.74) is 1.73. The molecule has 23 heavy (non-hydrogen) atoms. The van der Waals surface area contributed by atoms with Gasteiger partial charge in [0, 0.05) is 32.7 Å². The number of amides is 1. The fourth-order valence-electron chi connectivity index (χ4n) is 1.92. The summed E-state index contributed by atoms with van der Waals surface area (Å²) in [4.78, 5) is 22.9. The van der Waals surface area contributed by atoms with Gasteiger partial charge in [-0.2, -0.15) is 0 Å². The smallest absolute Gasteiger partial charge is 0.257 e. The fraction of sp³-hybridized carbons (Fsp3) is 0.188. The van der Waals surface area contributed by atoms with Gasteiger partial charge in [0.05, 0.1) is 10.7 Å². The van der Waals surface area contributed by atoms with Crippen LogP contribution in [-0.2, 0) is 5.75 Å². The van der Waals surface area contributed by atoms with Crippen LogP contribution in [0.2, 0.25) is 0 Å². The highest BCUT2D eigenvalue weighted by molar-refractivity contribution is 7.98. The van der Waals surface area contributed by atoms with E-state index >= 15 is 0 Å². The molecule has 0 fully saturated rings. The molecule has 3 aromatic rings. The molecule has 1 amide bonds. The van der Waals surface area contributed by atoms with E-state index in [-0.39, 0.29) is 5.91 Å². The first-order chi connectivity index (χ1) is 11.1. The van der Waals surface area contributed by atoms with Gasteiger partial charge in [0.2, 0.25) is 0 Å². The van der Waals surface area contributed by atoms with Crippen LogP contribution in [0.25, 0.3) is 0 Å². The number of hydrogen-bond donors (Lipinski definition) is 1. The largest absolute Gasteiger partial charge is 0.298 e. The number of anilines is 1. The minimum atomic E-state index is -0.133. The van der Waals surface area contributed by atoms with Crippen molar-refractivity contribution in [2.75, 3.05) is 5.32 Å². The van der Waals surface area contributed by atoms with E-state index in [1.54, 1.807) is 29.3 Å². The van der Waals surface area contributed by atoms with Gasteiger partial charge in [-0.1, -0.05) is 0 Å². The maximum atomic E-state index is 12.2. The van der Waals surface area contributed by atoms with E-state index in [4.69, 9.17) is 0 Å². The maximum absolute atomic E-state index is 12.2. The Bertz CT molecular complexity index is 808. The summed E-state index contributed by atoms with van der Waals surface area (Å²) in [5, 5.41) is 6.61. The Morgan fingerprint density at radius 3 is 2.65 bits per heavy atom. The lowest BCUT2D eigenvalue weighted by Gasteiger charge is -2.03. The number of aryl methyl sites for hydroxylation is 2. The lowest BCUT2D eigenvalue weighted by molar-refractivity contribution is 0.102. The molecular formula is C16H15N3OS3. The minimum absolute atomic E-state index is 0.133. The second kappa shape index (κ2) is 7.25. The van der Waals surface area contributed by atoms with Crippen molar-refractivity contribution in [1.82, 2.24) is 9.97 Å². The summed E-state index contributed by atoms with van der Waals surface area (Å²) in [7, 11) is 0. The first-order valence-corrected chi connectivity index (χ1v) is 9.66. The van der Waals surface area contributed by atoms with Crippen molar-refractivity contribution in [3.05, 3.63) is 57.0 Å². The van der Waals surface area contributed by atoms with Crippen molar-refractivity contribution >= 4 is 45.5 Å². The Kier molecular flexibility index (Phi) is 5.09. The van der Waals surface area contributed by atoms with Crippen LogP contribution in [0.5, 0.6) is 0 Å². The zero-order valence-electron chi connectivity index (χ0n) is 12.7. The van der Waals surface area contributed by atoms with Crippen LogP contribution in [0.3, 0.4) is 0 Å². The van der Waals surface area contributed by atoms with E-state index in [1.807, 2.05) is 38.1 Å². The van der Waals surface area contributed by atoms with Gasteiger partial charge in [-0.05, 0) is 38.1 Å². The van der Waals surface area contributed by atoms with E-state index in [0.717, 1.165) is 26.2 Å². The molecule has 0 aliphatic rings. The summed E-state index contributed by atoms with van der Waals surface area (Å²) in [6.45, 7) is 3.97. The second-order valence-corrected chi connectivity index (χ2v) is 8.25. The van der Waals surface area contributed by atoms with Gasteiger partial charge in [0.15, 0.2) is 5.13 Å². The van der Waals surface area contributed by atoms with Crippen molar-refractivity contribution in [1.29, 1.82) is 0 Å². The van der Waals surface area contributed by atoms with Crippen LogP contribution >= 0.6 is 34.4 Å². The zero-order chi connectivity index (χ0) is 16.2. The molecule has 0 unspecified atom stereocenters. The molecule has 4 nitrogen and oxygen atoms in total. The van der Waals surface area contributed by atoms with Crippen LogP contribution in [-0.4, -0.2) is 15.9 Å². The minimum Gasteiger partial charge on any atom is -0.298 e. The Morgan fingerprint density at radius 2 is 2.04 bits per heavy atom. The van der Waals surface area contributed by atoms with Gasteiger partial charge in [-0.15, -0.1) is 34.4 Å². The topological polar surface area (TPSA) is 54.9 Å². The zero-order valence-corrected chi connectivity index (χ0v) is 15.1. The molecule has 0 atom stereocenters. The summed E-state index contributed by atoms with van der Waals surface area (Å²) in [5.74, 6) is 0.708. The van der Waals surface area contributed by atoms with Crippen LogP contribution in [0.1, 0.15) is 25.9 Å². The average Bonchev–Trinajstić information content (AvgIpc) is 3.14. The molecule has 0 saturated heterocycles. The Hall–Kier alpha value is -1.70. The van der Waals surface area contributed by atoms with Gasteiger partial charge < -0.3 is 0 Å². The Balaban J connectivity index is 1.58. The molecule has 2 heterocycles. The quantitative estimate of drug-likeness (QED) is 0.666. The average molecular weight is 362 g/mol. The lowest BCUT2D eigenvalue weighted by atomic mass is 10.2. The summed E-state index contributed by atoms with van der Waals surface area (Å²) < 4.78 is 0. The van der Waals surface area contributed by atoms with Crippen LogP contribution in [0, 0.1) is 13.8 Å². The predicted molar refractivity (Wildman–Crippen MR) is 97.7 cm³/mol. The number of thioether (sulfide) groups is 1. The predicted octanol–water partition coefficient (Wildman–Crippen LogP) is 4.76. The van der Waals surface area contributed by atoms with Gasteiger partial charge in [0.25, 0.3) is 5.91 Å². The highest BCUT2D eigenvalue weighted by Gasteiger charge is 2.08. The molecule has 0 aliphatic carbocycles. The molecule has 118 valence electrons. The number of nitrogens with one attached hydrogen (secondary N) is 1.